The van der Waals surface area contributed by atoms with Gasteiger partial charge in [-0.3, -0.25) is 4.79 Å². The van der Waals surface area contributed by atoms with E-state index < -0.39 is 18.0 Å². The summed E-state index contributed by atoms with van der Waals surface area (Å²) in [7, 11) is 1.32. The van der Waals surface area contributed by atoms with Crippen LogP contribution in [0.1, 0.15) is 35.4 Å². The molecule has 1 aliphatic rings. The topological polar surface area (TPSA) is 99.3 Å². The largest absolute Gasteiger partial charge is 0.854 e. The molecule has 0 spiro atoms. The highest BCUT2D eigenvalue weighted by molar-refractivity contribution is 7.99. The summed E-state index contributed by atoms with van der Waals surface area (Å²) in [6.45, 7) is 5.49. The highest BCUT2D eigenvalue weighted by atomic mass is 32.2. The molecular weight excluding hydrogens is 440 g/mol. The van der Waals surface area contributed by atoms with Gasteiger partial charge in [0, 0.05) is 22.8 Å². The summed E-state index contributed by atoms with van der Waals surface area (Å²) in [4.78, 5) is 30.9. The summed E-state index contributed by atoms with van der Waals surface area (Å²) in [5.41, 5.74) is 2.56. The zero-order valence-electron chi connectivity index (χ0n) is 18.2. The van der Waals surface area contributed by atoms with Crippen LogP contribution in [0, 0.1) is 0 Å². The second-order valence-corrected chi connectivity index (χ2v) is 8.20. The SMILES string of the molecule is C=CCSc1nc([O-])c2[n+](n1)C(c1ccc(C(=O)OC)cc1)N(C(=O)CC)c1ccccc1-2. The van der Waals surface area contributed by atoms with E-state index in [2.05, 4.69) is 16.7 Å². The number of aromatic nitrogens is 3. The van der Waals surface area contributed by atoms with Crippen molar-refractivity contribution in [3.8, 4) is 17.1 Å². The molecule has 1 amide bonds. The Bertz CT molecular complexity index is 1230. The van der Waals surface area contributed by atoms with Crippen LogP contribution in [-0.4, -0.2) is 34.8 Å². The highest BCUT2D eigenvalue weighted by Crippen LogP contribution is 2.41. The number of rotatable bonds is 6. The Hall–Kier alpha value is -3.72. The molecule has 1 aromatic heterocycles. The van der Waals surface area contributed by atoms with Crippen molar-refractivity contribution in [2.75, 3.05) is 17.8 Å². The van der Waals surface area contributed by atoms with E-state index in [4.69, 9.17) is 4.74 Å². The molecular formula is C24H22N4O4S. The third-order valence-electron chi connectivity index (χ3n) is 5.25. The van der Waals surface area contributed by atoms with E-state index in [1.807, 2.05) is 18.2 Å². The number of carbonyl (C=O) groups excluding carboxylic acids is 2. The zero-order valence-corrected chi connectivity index (χ0v) is 19.0. The predicted octanol–water partition coefficient (Wildman–Crippen LogP) is 2.87. The molecule has 0 fully saturated rings. The van der Waals surface area contributed by atoms with Crippen LogP contribution in [-0.2, 0) is 9.53 Å². The average molecular weight is 463 g/mol. The van der Waals surface area contributed by atoms with Gasteiger partial charge < -0.3 is 9.84 Å². The van der Waals surface area contributed by atoms with Crippen molar-refractivity contribution in [1.29, 1.82) is 0 Å². The minimum absolute atomic E-state index is 0.131. The van der Waals surface area contributed by atoms with Gasteiger partial charge >= 0.3 is 5.97 Å². The van der Waals surface area contributed by atoms with E-state index in [0.717, 1.165) is 0 Å². The Balaban J connectivity index is 1.97. The maximum atomic E-state index is 13.2. The lowest BCUT2D eigenvalue weighted by Crippen LogP contribution is -2.59. The third kappa shape index (κ3) is 4.07. The van der Waals surface area contributed by atoms with Crippen LogP contribution in [0.2, 0.25) is 0 Å². The molecule has 8 nitrogen and oxygen atoms in total. The van der Waals surface area contributed by atoms with Gasteiger partial charge in [0.25, 0.3) is 17.0 Å². The number of para-hydroxylation sites is 1. The monoisotopic (exact) mass is 462 g/mol. The molecule has 0 N–H and O–H groups in total. The summed E-state index contributed by atoms with van der Waals surface area (Å²) < 4.78 is 6.35. The predicted molar refractivity (Wildman–Crippen MR) is 122 cm³/mol. The Morgan fingerprint density at radius 3 is 2.64 bits per heavy atom. The van der Waals surface area contributed by atoms with Crippen LogP contribution in [0.5, 0.6) is 5.88 Å². The number of anilines is 1. The summed E-state index contributed by atoms with van der Waals surface area (Å²) >= 11 is 1.28. The zero-order chi connectivity index (χ0) is 23.5. The molecule has 3 aromatic rings. The van der Waals surface area contributed by atoms with Gasteiger partial charge in [0.05, 0.1) is 29.8 Å². The first-order valence-corrected chi connectivity index (χ1v) is 11.3. The highest BCUT2D eigenvalue weighted by Gasteiger charge is 2.44. The molecule has 1 aliphatic heterocycles. The number of thioether (sulfide) groups is 1. The molecule has 9 heteroatoms. The van der Waals surface area contributed by atoms with Crippen molar-refractivity contribution in [1.82, 2.24) is 10.1 Å². The van der Waals surface area contributed by atoms with Crippen molar-refractivity contribution in [2.45, 2.75) is 24.7 Å². The number of nitrogens with zero attached hydrogens (tertiary/aromatic N) is 4. The van der Waals surface area contributed by atoms with Gasteiger partial charge in [0.15, 0.2) is 0 Å². The Morgan fingerprint density at radius 1 is 1.24 bits per heavy atom. The minimum Gasteiger partial charge on any atom is -0.854 e. The third-order valence-corrected chi connectivity index (χ3v) is 6.08. The summed E-state index contributed by atoms with van der Waals surface area (Å²) in [6.07, 6.45) is 1.23. The summed E-state index contributed by atoms with van der Waals surface area (Å²) in [5, 5.41) is 18.1. The van der Waals surface area contributed by atoms with Crippen LogP contribution < -0.4 is 14.7 Å². The van der Waals surface area contributed by atoms with Crippen molar-refractivity contribution < 1.29 is 24.1 Å². The number of methoxy groups -OCH3 is 1. The smallest absolute Gasteiger partial charge is 0.337 e. The quantitative estimate of drug-likeness (QED) is 0.240. The van der Waals surface area contributed by atoms with Crippen LogP contribution >= 0.6 is 11.8 Å². The number of hydrogen-bond donors (Lipinski definition) is 0. The van der Waals surface area contributed by atoms with Gasteiger partial charge in [0.1, 0.15) is 0 Å². The van der Waals surface area contributed by atoms with Gasteiger partial charge in [-0.1, -0.05) is 41.6 Å². The van der Waals surface area contributed by atoms with Crippen molar-refractivity contribution in [3.63, 3.8) is 0 Å². The van der Waals surface area contributed by atoms with Crippen LogP contribution in [0.3, 0.4) is 0 Å². The van der Waals surface area contributed by atoms with E-state index >= 15 is 0 Å². The van der Waals surface area contributed by atoms with E-state index in [1.165, 1.54) is 18.9 Å². The normalized spacial score (nSPS) is 14.2. The second-order valence-electron chi connectivity index (χ2n) is 7.21. The van der Waals surface area contributed by atoms with Gasteiger partial charge in [-0.05, 0) is 36.4 Å². The summed E-state index contributed by atoms with van der Waals surface area (Å²) in [6, 6.07) is 14.0. The van der Waals surface area contributed by atoms with Crippen LogP contribution in [0.25, 0.3) is 11.3 Å². The molecule has 168 valence electrons. The number of ether oxygens (including phenoxy) is 1. The molecule has 4 rings (SSSR count). The Labute approximate surface area is 195 Å². The van der Waals surface area contributed by atoms with Crippen LogP contribution in [0.15, 0.2) is 66.3 Å². The maximum absolute atomic E-state index is 13.2. The van der Waals surface area contributed by atoms with Gasteiger partial charge in [0.2, 0.25) is 5.91 Å². The van der Waals surface area contributed by atoms with Crippen molar-refractivity contribution >= 4 is 29.3 Å². The number of esters is 1. The molecule has 0 saturated heterocycles. The summed E-state index contributed by atoms with van der Waals surface area (Å²) in [5.74, 6) is -0.485. The average Bonchev–Trinajstić information content (AvgIpc) is 2.85. The molecule has 33 heavy (non-hydrogen) atoms. The second kappa shape index (κ2) is 9.41. The first-order valence-electron chi connectivity index (χ1n) is 10.3. The van der Waals surface area contributed by atoms with E-state index in [9.17, 15) is 14.7 Å². The molecule has 1 atom stereocenters. The Kier molecular flexibility index (Phi) is 6.41. The first kappa shape index (κ1) is 22.5. The minimum atomic E-state index is -0.729. The molecule has 1 unspecified atom stereocenters. The van der Waals surface area contributed by atoms with Gasteiger partial charge in [-0.15, -0.1) is 6.58 Å². The van der Waals surface area contributed by atoms with Crippen molar-refractivity contribution in [2.24, 2.45) is 0 Å². The fourth-order valence-corrected chi connectivity index (χ4v) is 4.34. The molecule has 2 aromatic carbocycles. The standard InChI is InChI=1S/C24H22N4O4S/c1-4-14-33-24-25-21(30)20-17-8-6-7-9-18(17)27(19(29)5-2)22(28(20)26-24)15-10-12-16(13-11-15)23(31)32-3/h4,6-13,22H,1,5,14H2,2-3H3. The molecule has 2 heterocycles. The van der Waals surface area contributed by atoms with E-state index in [-0.39, 0.29) is 12.3 Å². The molecule has 0 radical (unpaired) electrons. The lowest BCUT2D eigenvalue weighted by molar-refractivity contribution is -0.764. The van der Waals surface area contributed by atoms with Crippen LogP contribution in [0.4, 0.5) is 5.69 Å². The fourth-order valence-electron chi connectivity index (χ4n) is 3.78. The molecule has 0 saturated carbocycles. The maximum Gasteiger partial charge on any atom is 0.337 e. The lowest BCUT2D eigenvalue weighted by Gasteiger charge is -2.33. The number of fused-ring (bicyclic) bond motifs is 3. The number of hydrogen-bond acceptors (Lipinski definition) is 7. The van der Waals surface area contributed by atoms with E-state index in [0.29, 0.717) is 39.0 Å². The van der Waals surface area contributed by atoms with Crippen molar-refractivity contribution in [3.05, 3.63) is 72.3 Å². The molecule has 0 aliphatic carbocycles. The van der Waals surface area contributed by atoms with Gasteiger partial charge in [-0.25, -0.2) is 14.7 Å². The Morgan fingerprint density at radius 2 is 1.97 bits per heavy atom. The lowest BCUT2D eigenvalue weighted by atomic mass is 10.00. The fraction of sp³-hybridized carbons (Fsp3) is 0.208. The first-order chi connectivity index (χ1) is 16.0. The number of benzene rings is 2. The van der Waals surface area contributed by atoms with Gasteiger partial charge in [-0.2, -0.15) is 0 Å². The van der Waals surface area contributed by atoms with E-state index in [1.54, 1.807) is 52.9 Å². The molecule has 0 bridgehead atoms. The number of amides is 1. The number of carbonyl (C=O) groups is 2.